The quantitative estimate of drug-likeness (QED) is 0.413. The van der Waals surface area contributed by atoms with E-state index < -0.39 is 0 Å². The van der Waals surface area contributed by atoms with Gasteiger partial charge in [-0.2, -0.15) is 0 Å². The summed E-state index contributed by atoms with van der Waals surface area (Å²) in [6.45, 7) is 10.2. The van der Waals surface area contributed by atoms with Crippen molar-refractivity contribution in [3.8, 4) is 0 Å². The number of ether oxygens (including phenoxy) is 1. The van der Waals surface area contributed by atoms with Crippen LogP contribution in [0.5, 0.6) is 0 Å². The van der Waals surface area contributed by atoms with Gasteiger partial charge in [0.25, 0.3) is 0 Å². The van der Waals surface area contributed by atoms with Crippen molar-refractivity contribution >= 4 is 5.96 Å². The van der Waals surface area contributed by atoms with E-state index in [9.17, 15) is 0 Å². The van der Waals surface area contributed by atoms with Crippen molar-refractivity contribution in [2.45, 2.75) is 39.2 Å². The van der Waals surface area contributed by atoms with E-state index in [0.29, 0.717) is 19.2 Å². The van der Waals surface area contributed by atoms with Crippen LogP contribution in [0.4, 0.5) is 0 Å². The van der Waals surface area contributed by atoms with Gasteiger partial charge in [-0.1, -0.05) is 6.92 Å². The van der Waals surface area contributed by atoms with Gasteiger partial charge < -0.3 is 20.3 Å². The van der Waals surface area contributed by atoms with Crippen molar-refractivity contribution < 1.29 is 4.74 Å². The molecule has 0 aromatic carbocycles. The molecule has 1 aliphatic rings. The number of guanidine groups is 1. The molecule has 5 heteroatoms. The maximum Gasteiger partial charge on any atom is 0.191 e. The standard InChI is InChI=1S/C14H30N4O/c1-4-9-18-10-6-13(7-11-18)17-14(15-5-2)16-8-12-19-3/h13H,4-12H2,1-3H3,(H2,15,16,17). The summed E-state index contributed by atoms with van der Waals surface area (Å²) < 4.78 is 5.03. The van der Waals surface area contributed by atoms with Crippen LogP contribution >= 0.6 is 0 Å². The highest BCUT2D eigenvalue weighted by molar-refractivity contribution is 5.80. The number of hydrogen-bond acceptors (Lipinski definition) is 3. The first-order valence-electron chi connectivity index (χ1n) is 7.56. The molecule has 0 spiro atoms. The van der Waals surface area contributed by atoms with Gasteiger partial charge in [0.1, 0.15) is 0 Å². The molecule has 5 nitrogen and oxygen atoms in total. The van der Waals surface area contributed by atoms with Gasteiger partial charge in [0, 0.05) is 32.8 Å². The van der Waals surface area contributed by atoms with E-state index in [4.69, 9.17) is 4.74 Å². The molecule has 0 amide bonds. The van der Waals surface area contributed by atoms with Crippen molar-refractivity contribution in [1.29, 1.82) is 0 Å². The molecule has 0 radical (unpaired) electrons. The topological polar surface area (TPSA) is 48.9 Å². The fourth-order valence-corrected chi connectivity index (χ4v) is 2.38. The minimum absolute atomic E-state index is 0.549. The number of rotatable bonds is 7. The molecule has 1 rings (SSSR count). The summed E-state index contributed by atoms with van der Waals surface area (Å²) in [6, 6.07) is 0.549. The average molecular weight is 270 g/mol. The average Bonchev–Trinajstić information content (AvgIpc) is 2.42. The van der Waals surface area contributed by atoms with E-state index in [1.807, 2.05) is 0 Å². The summed E-state index contributed by atoms with van der Waals surface area (Å²) in [5, 5.41) is 6.83. The van der Waals surface area contributed by atoms with Crippen LogP contribution in [-0.2, 0) is 4.74 Å². The Morgan fingerprint density at radius 1 is 1.32 bits per heavy atom. The third-order valence-electron chi connectivity index (χ3n) is 3.38. The number of aliphatic imine (C=N–C) groups is 1. The Morgan fingerprint density at radius 2 is 2.05 bits per heavy atom. The molecule has 2 N–H and O–H groups in total. The van der Waals surface area contributed by atoms with Crippen LogP contribution in [0.2, 0.25) is 0 Å². The highest BCUT2D eigenvalue weighted by atomic mass is 16.5. The first-order chi connectivity index (χ1) is 9.30. The van der Waals surface area contributed by atoms with Gasteiger partial charge in [0.2, 0.25) is 0 Å². The molecular formula is C14H30N4O. The van der Waals surface area contributed by atoms with Gasteiger partial charge in [-0.3, -0.25) is 4.99 Å². The number of methoxy groups -OCH3 is 1. The number of nitrogens with one attached hydrogen (secondary N) is 2. The van der Waals surface area contributed by atoms with Gasteiger partial charge in [0.05, 0.1) is 13.2 Å². The first-order valence-corrected chi connectivity index (χ1v) is 7.56. The highest BCUT2D eigenvalue weighted by Crippen LogP contribution is 2.10. The molecule has 0 aromatic heterocycles. The minimum Gasteiger partial charge on any atom is -0.383 e. The lowest BCUT2D eigenvalue weighted by Gasteiger charge is -2.32. The van der Waals surface area contributed by atoms with Crippen LogP contribution in [-0.4, -0.2) is 63.3 Å². The number of piperidine rings is 1. The van der Waals surface area contributed by atoms with Crippen molar-refractivity contribution in [3.05, 3.63) is 0 Å². The van der Waals surface area contributed by atoms with Gasteiger partial charge in [-0.15, -0.1) is 0 Å². The van der Waals surface area contributed by atoms with Crippen molar-refractivity contribution in [2.24, 2.45) is 4.99 Å². The molecule has 1 fully saturated rings. The smallest absolute Gasteiger partial charge is 0.191 e. The molecule has 1 aliphatic heterocycles. The van der Waals surface area contributed by atoms with E-state index in [0.717, 1.165) is 12.5 Å². The summed E-state index contributed by atoms with van der Waals surface area (Å²) in [7, 11) is 1.71. The first kappa shape index (κ1) is 16.2. The summed E-state index contributed by atoms with van der Waals surface area (Å²) in [6.07, 6.45) is 3.66. The maximum atomic E-state index is 5.03. The predicted molar refractivity (Wildman–Crippen MR) is 80.7 cm³/mol. The van der Waals surface area contributed by atoms with Crippen molar-refractivity contribution in [2.75, 3.05) is 46.4 Å². The van der Waals surface area contributed by atoms with E-state index >= 15 is 0 Å². The second kappa shape index (κ2) is 10.0. The monoisotopic (exact) mass is 270 g/mol. The molecule has 0 aliphatic carbocycles. The Bertz CT molecular complexity index is 250. The SMILES string of the molecule is CCCN1CCC(NC(=NCCOC)NCC)CC1. The van der Waals surface area contributed by atoms with Crippen molar-refractivity contribution in [3.63, 3.8) is 0 Å². The van der Waals surface area contributed by atoms with Gasteiger partial charge >= 0.3 is 0 Å². The molecule has 0 bridgehead atoms. The van der Waals surface area contributed by atoms with Crippen molar-refractivity contribution in [1.82, 2.24) is 15.5 Å². The Balaban J connectivity index is 2.32. The number of nitrogens with zero attached hydrogens (tertiary/aromatic N) is 2. The zero-order valence-electron chi connectivity index (χ0n) is 12.7. The normalized spacial score (nSPS) is 18.6. The summed E-state index contributed by atoms with van der Waals surface area (Å²) in [5.74, 6) is 0.925. The minimum atomic E-state index is 0.549. The van der Waals surface area contributed by atoms with Gasteiger partial charge in [0.15, 0.2) is 5.96 Å². The van der Waals surface area contributed by atoms with E-state index in [-0.39, 0.29) is 0 Å². The molecule has 19 heavy (non-hydrogen) atoms. The summed E-state index contributed by atoms with van der Waals surface area (Å²) in [5.41, 5.74) is 0. The molecule has 0 saturated carbocycles. The second-order valence-corrected chi connectivity index (χ2v) is 5.01. The third-order valence-corrected chi connectivity index (χ3v) is 3.38. The Labute approximate surface area is 117 Å². The third kappa shape index (κ3) is 6.78. The van der Waals surface area contributed by atoms with Crippen LogP contribution in [0.1, 0.15) is 33.1 Å². The lowest BCUT2D eigenvalue weighted by Crippen LogP contribution is -2.48. The van der Waals surface area contributed by atoms with E-state index in [1.165, 1.54) is 38.9 Å². The lowest BCUT2D eigenvalue weighted by molar-refractivity contribution is 0.204. The Hall–Kier alpha value is -0.810. The lowest BCUT2D eigenvalue weighted by atomic mass is 10.1. The van der Waals surface area contributed by atoms with Gasteiger partial charge in [-0.05, 0) is 32.7 Å². The van der Waals surface area contributed by atoms with E-state index in [1.54, 1.807) is 7.11 Å². The molecule has 0 aromatic rings. The van der Waals surface area contributed by atoms with Crippen LogP contribution in [0, 0.1) is 0 Å². The zero-order chi connectivity index (χ0) is 13.9. The van der Waals surface area contributed by atoms with Crippen LogP contribution in [0.25, 0.3) is 0 Å². The molecule has 1 heterocycles. The van der Waals surface area contributed by atoms with Crippen LogP contribution in [0.3, 0.4) is 0 Å². The number of likely N-dealkylation sites (tertiary alicyclic amines) is 1. The van der Waals surface area contributed by atoms with Gasteiger partial charge in [-0.25, -0.2) is 0 Å². The highest BCUT2D eigenvalue weighted by Gasteiger charge is 2.19. The number of hydrogen-bond donors (Lipinski definition) is 2. The van der Waals surface area contributed by atoms with E-state index in [2.05, 4.69) is 34.4 Å². The molecule has 112 valence electrons. The molecule has 0 atom stereocenters. The fourth-order valence-electron chi connectivity index (χ4n) is 2.38. The molecule has 1 saturated heterocycles. The van der Waals surface area contributed by atoms with Crippen LogP contribution in [0.15, 0.2) is 4.99 Å². The molecule has 0 unspecified atom stereocenters. The van der Waals surface area contributed by atoms with Crippen LogP contribution < -0.4 is 10.6 Å². The largest absolute Gasteiger partial charge is 0.383 e. The maximum absolute atomic E-state index is 5.03. The predicted octanol–water partition coefficient (Wildman–Crippen LogP) is 1.06. The fraction of sp³-hybridized carbons (Fsp3) is 0.929. The summed E-state index contributed by atoms with van der Waals surface area (Å²) >= 11 is 0. The molecular weight excluding hydrogens is 240 g/mol. The summed E-state index contributed by atoms with van der Waals surface area (Å²) in [4.78, 5) is 7.06. The Morgan fingerprint density at radius 3 is 2.63 bits per heavy atom. The zero-order valence-corrected chi connectivity index (χ0v) is 12.7. The Kier molecular flexibility index (Phi) is 8.58. The second-order valence-electron chi connectivity index (χ2n) is 5.01.